The van der Waals surface area contributed by atoms with E-state index in [1.165, 1.54) is 5.56 Å². The van der Waals surface area contributed by atoms with Gasteiger partial charge >= 0.3 is 0 Å². The molecule has 17 heavy (non-hydrogen) atoms. The fourth-order valence-corrected chi connectivity index (χ4v) is 2.74. The van der Waals surface area contributed by atoms with E-state index in [1.807, 2.05) is 12.1 Å². The lowest BCUT2D eigenvalue weighted by Crippen LogP contribution is -2.51. The Morgan fingerprint density at radius 2 is 2.12 bits per heavy atom. The molecular formula is C14H16N2O. The monoisotopic (exact) mass is 228 g/mol. The van der Waals surface area contributed by atoms with Crippen molar-refractivity contribution in [3.05, 3.63) is 41.0 Å². The van der Waals surface area contributed by atoms with Gasteiger partial charge in [-0.05, 0) is 41.9 Å². The van der Waals surface area contributed by atoms with Crippen LogP contribution in [0.5, 0.6) is 0 Å². The van der Waals surface area contributed by atoms with Crippen LogP contribution in [0.2, 0.25) is 0 Å². The number of amides is 1. The van der Waals surface area contributed by atoms with Gasteiger partial charge < -0.3 is 11.5 Å². The first-order chi connectivity index (χ1) is 8.14. The molecule has 2 aliphatic rings. The highest BCUT2D eigenvalue weighted by atomic mass is 16.1. The van der Waals surface area contributed by atoms with Crippen LogP contribution in [0.15, 0.2) is 24.3 Å². The third kappa shape index (κ3) is 1.42. The van der Waals surface area contributed by atoms with E-state index >= 15 is 0 Å². The maximum absolute atomic E-state index is 11.8. The van der Waals surface area contributed by atoms with Gasteiger partial charge in [0.1, 0.15) is 5.54 Å². The summed E-state index contributed by atoms with van der Waals surface area (Å²) in [5.74, 6) is -0.200. The van der Waals surface area contributed by atoms with Gasteiger partial charge in [-0.2, -0.15) is 0 Å². The average Bonchev–Trinajstić information content (AvgIpc) is 3.05. The molecule has 1 fully saturated rings. The lowest BCUT2D eigenvalue weighted by molar-refractivity contribution is -0.124. The number of hydrogen-bond donors (Lipinski definition) is 2. The van der Waals surface area contributed by atoms with Gasteiger partial charge in [0.2, 0.25) is 5.91 Å². The molecule has 1 unspecified atom stereocenters. The van der Waals surface area contributed by atoms with Gasteiger partial charge in [-0.1, -0.05) is 30.4 Å². The molecule has 3 heteroatoms. The molecule has 4 N–H and O–H groups in total. The van der Waals surface area contributed by atoms with Gasteiger partial charge in [0.15, 0.2) is 0 Å². The average molecular weight is 228 g/mol. The number of fused-ring (bicyclic) bond motifs is 1. The summed E-state index contributed by atoms with van der Waals surface area (Å²) in [4.78, 5) is 11.8. The summed E-state index contributed by atoms with van der Waals surface area (Å²) in [6, 6.07) is 5.98. The van der Waals surface area contributed by atoms with E-state index in [0.717, 1.165) is 30.4 Å². The molecule has 1 amide bonds. The summed E-state index contributed by atoms with van der Waals surface area (Å²) in [5.41, 5.74) is 14.1. The molecule has 0 spiro atoms. The number of carbonyl (C=O) groups is 1. The van der Waals surface area contributed by atoms with E-state index in [0.29, 0.717) is 0 Å². The topological polar surface area (TPSA) is 69.1 Å². The lowest BCUT2D eigenvalue weighted by Gasteiger charge is -2.28. The minimum absolute atomic E-state index is 0.209. The van der Waals surface area contributed by atoms with Crippen molar-refractivity contribution in [2.45, 2.75) is 24.8 Å². The molecule has 0 bridgehead atoms. The standard InChI is InChI=1S/C14H16N2O/c15-13(17)14(16,10-7-8-10)12-6-2-4-9-3-1-5-11(9)12/h1-2,4-6,10H,3,7-8,16H2,(H2,15,17). The fraction of sp³-hybridized carbons (Fsp3) is 0.357. The number of benzene rings is 1. The number of hydrogen-bond acceptors (Lipinski definition) is 2. The highest BCUT2D eigenvalue weighted by molar-refractivity contribution is 5.88. The van der Waals surface area contributed by atoms with Gasteiger partial charge in [-0.3, -0.25) is 4.79 Å². The van der Waals surface area contributed by atoms with Crippen LogP contribution >= 0.6 is 0 Å². The van der Waals surface area contributed by atoms with Crippen LogP contribution in [0.4, 0.5) is 0 Å². The lowest BCUT2D eigenvalue weighted by atomic mass is 9.81. The number of allylic oxidation sites excluding steroid dienone is 1. The molecule has 3 nitrogen and oxygen atoms in total. The second kappa shape index (κ2) is 3.44. The molecule has 0 saturated heterocycles. The number of carbonyl (C=O) groups excluding carboxylic acids is 1. The van der Waals surface area contributed by atoms with Crippen molar-refractivity contribution in [2.75, 3.05) is 0 Å². The Bertz CT molecular complexity index is 517. The zero-order valence-corrected chi connectivity index (χ0v) is 9.65. The summed E-state index contributed by atoms with van der Waals surface area (Å²) in [6.45, 7) is 0. The first-order valence-corrected chi connectivity index (χ1v) is 6.01. The van der Waals surface area contributed by atoms with Gasteiger partial charge in [0, 0.05) is 0 Å². The second-order valence-corrected chi connectivity index (χ2v) is 4.99. The summed E-state index contributed by atoms with van der Waals surface area (Å²) in [7, 11) is 0. The molecule has 2 aliphatic carbocycles. The maximum Gasteiger partial charge on any atom is 0.242 e. The quantitative estimate of drug-likeness (QED) is 0.818. The van der Waals surface area contributed by atoms with Crippen molar-refractivity contribution in [3.8, 4) is 0 Å². The highest BCUT2D eigenvalue weighted by Gasteiger charge is 2.49. The summed E-state index contributed by atoms with van der Waals surface area (Å²) < 4.78 is 0. The first kappa shape index (κ1) is 10.5. The molecule has 88 valence electrons. The fourth-order valence-electron chi connectivity index (χ4n) is 2.74. The summed E-state index contributed by atoms with van der Waals surface area (Å²) >= 11 is 0. The van der Waals surface area contributed by atoms with Gasteiger partial charge in [0.25, 0.3) is 0 Å². The predicted octanol–water partition coefficient (Wildman–Crippen LogP) is 1.31. The van der Waals surface area contributed by atoms with Crippen molar-refractivity contribution in [3.63, 3.8) is 0 Å². The van der Waals surface area contributed by atoms with Crippen molar-refractivity contribution in [1.82, 2.24) is 0 Å². The highest BCUT2D eigenvalue weighted by Crippen LogP contribution is 2.46. The largest absolute Gasteiger partial charge is 0.368 e. The molecule has 1 saturated carbocycles. The Morgan fingerprint density at radius 1 is 1.35 bits per heavy atom. The van der Waals surface area contributed by atoms with Crippen LogP contribution < -0.4 is 11.5 Å². The number of rotatable bonds is 3. The Hall–Kier alpha value is -1.61. The van der Waals surface area contributed by atoms with Crippen molar-refractivity contribution < 1.29 is 4.79 Å². The van der Waals surface area contributed by atoms with E-state index in [-0.39, 0.29) is 5.92 Å². The van der Waals surface area contributed by atoms with Crippen LogP contribution in [-0.4, -0.2) is 5.91 Å². The molecular weight excluding hydrogens is 212 g/mol. The number of primary amides is 1. The van der Waals surface area contributed by atoms with Gasteiger partial charge in [-0.25, -0.2) is 0 Å². The zero-order chi connectivity index (χ0) is 12.0. The molecule has 1 aromatic rings. The Balaban J connectivity index is 2.17. The minimum atomic E-state index is -0.986. The van der Waals surface area contributed by atoms with E-state index in [9.17, 15) is 4.79 Å². The van der Waals surface area contributed by atoms with Crippen molar-refractivity contribution >= 4 is 12.0 Å². The van der Waals surface area contributed by atoms with Crippen LogP contribution in [0.25, 0.3) is 6.08 Å². The third-order valence-corrected chi connectivity index (χ3v) is 3.89. The Morgan fingerprint density at radius 3 is 2.76 bits per heavy atom. The molecule has 3 rings (SSSR count). The molecule has 0 radical (unpaired) electrons. The van der Waals surface area contributed by atoms with Crippen molar-refractivity contribution in [1.29, 1.82) is 0 Å². The summed E-state index contributed by atoms with van der Waals surface area (Å²) in [6.07, 6.45) is 7.06. The normalized spacial score (nSPS) is 21.0. The molecule has 1 aromatic carbocycles. The van der Waals surface area contributed by atoms with E-state index < -0.39 is 11.4 Å². The smallest absolute Gasteiger partial charge is 0.242 e. The second-order valence-electron chi connectivity index (χ2n) is 4.99. The molecule has 0 aromatic heterocycles. The summed E-state index contributed by atoms with van der Waals surface area (Å²) in [5, 5.41) is 0. The minimum Gasteiger partial charge on any atom is -0.368 e. The Labute approximate surface area is 100 Å². The van der Waals surface area contributed by atoms with Crippen molar-refractivity contribution in [2.24, 2.45) is 17.4 Å². The molecule has 1 atom stereocenters. The van der Waals surface area contributed by atoms with Gasteiger partial charge in [-0.15, -0.1) is 0 Å². The number of nitrogens with two attached hydrogens (primary N) is 2. The molecule has 0 heterocycles. The van der Waals surface area contributed by atoms with Crippen LogP contribution in [0.1, 0.15) is 29.5 Å². The maximum atomic E-state index is 11.8. The van der Waals surface area contributed by atoms with E-state index in [1.54, 1.807) is 0 Å². The molecule has 0 aliphatic heterocycles. The van der Waals surface area contributed by atoms with E-state index in [4.69, 9.17) is 11.5 Å². The third-order valence-electron chi connectivity index (χ3n) is 3.89. The van der Waals surface area contributed by atoms with E-state index in [2.05, 4.69) is 18.2 Å². The van der Waals surface area contributed by atoms with Crippen LogP contribution in [0.3, 0.4) is 0 Å². The zero-order valence-electron chi connectivity index (χ0n) is 9.65. The van der Waals surface area contributed by atoms with Crippen LogP contribution in [-0.2, 0) is 16.8 Å². The SMILES string of the molecule is NC(=O)C(N)(c1cccc2c1C=CC2)C1CC1. The predicted molar refractivity (Wildman–Crippen MR) is 67.0 cm³/mol. The first-order valence-electron chi connectivity index (χ1n) is 6.01. The Kier molecular flexibility index (Phi) is 2.13. The van der Waals surface area contributed by atoms with Crippen LogP contribution in [0, 0.1) is 5.92 Å². The van der Waals surface area contributed by atoms with Gasteiger partial charge in [0.05, 0.1) is 0 Å².